The molecule has 6 nitrogen and oxygen atoms in total. The van der Waals surface area contributed by atoms with Crippen molar-refractivity contribution in [2.75, 3.05) is 12.4 Å². The van der Waals surface area contributed by atoms with Crippen LogP contribution in [0.25, 0.3) is 33.2 Å². The quantitative estimate of drug-likeness (QED) is 0.284. The molecule has 0 fully saturated rings. The Morgan fingerprint density at radius 3 is 2.57 bits per heavy atom. The van der Waals surface area contributed by atoms with E-state index < -0.39 is 5.97 Å². The highest BCUT2D eigenvalue weighted by Crippen LogP contribution is 2.31. The second-order valence-corrected chi connectivity index (χ2v) is 8.35. The standard InChI is InChI=1S/C29H25N3O3/c1-35-29(34)22-11-4-7-15-25(22)31-27(33)16-8-12-21-20-10-3-6-14-24(20)32-28(21)26-18-17-19-9-2-5-13-23(19)30-26/h2-7,9-11,13-15,17-18,32H,8,12,16H2,1H3,(H,31,33). The van der Waals surface area contributed by atoms with Crippen LogP contribution in [0.5, 0.6) is 0 Å². The average molecular weight is 464 g/mol. The van der Waals surface area contributed by atoms with E-state index in [-0.39, 0.29) is 5.91 Å². The number of hydrogen-bond donors (Lipinski definition) is 2. The summed E-state index contributed by atoms with van der Waals surface area (Å²) in [6.45, 7) is 0. The lowest BCUT2D eigenvalue weighted by molar-refractivity contribution is -0.116. The molecule has 0 aliphatic rings. The number of carbonyl (C=O) groups excluding carboxylic acids is 2. The van der Waals surface area contributed by atoms with Crippen molar-refractivity contribution in [1.82, 2.24) is 9.97 Å². The normalized spacial score (nSPS) is 11.0. The van der Waals surface area contributed by atoms with E-state index in [1.54, 1.807) is 24.3 Å². The summed E-state index contributed by atoms with van der Waals surface area (Å²) in [5, 5.41) is 5.08. The van der Waals surface area contributed by atoms with Gasteiger partial charge < -0.3 is 15.0 Å². The number of carbonyl (C=O) groups is 2. The first-order valence-electron chi connectivity index (χ1n) is 11.6. The first-order chi connectivity index (χ1) is 17.1. The van der Waals surface area contributed by atoms with E-state index >= 15 is 0 Å². The van der Waals surface area contributed by atoms with Gasteiger partial charge in [0.1, 0.15) is 0 Å². The zero-order valence-corrected chi connectivity index (χ0v) is 19.4. The van der Waals surface area contributed by atoms with Crippen LogP contribution in [0, 0.1) is 0 Å². The van der Waals surface area contributed by atoms with E-state index in [0.29, 0.717) is 30.5 Å². The second kappa shape index (κ2) is 9.81. The van der Waals surface area contributed by atoms with E-state index in [1.165, 1.54) is 7.11 Å². The van der Waals surface area contributed by atoms with Crippen LogP contribution >= 0.6 is 0 Å². The van der Waals surface area contributed by atoms with Crippen molar-refractivity contribution in [3.63, 3.8) is 0 Å². The first-order valence-corrected chi connectivity index (χ1v) is 11.6. The molecule has 174 valence electrons. The fourth-order valence-corrected chi connectivity index (χ4v) is 4.40. The number of para-hydroxylation sites is 3. The molecule has 0 spiro atoms. The lowest BCUT2D eigenvalue weighted by Crippen LogP contribution is -2.15. The number of amides is 1. The molecule has 2 N–H and O–H groups in total. The van der Waals surface area contributed by atoms with Crippen molar-refractivity contribution < 1.29 is 14.3 Å². The molecule has 0 saturated carbocycles. The molecular formula is C29H25N3O3. The Morgan fingerprint density at radius 1 is 0.914 bits per heavy atom. The number of rotatable bonds is 7. The van der Waals surface area contributed by atoms with E-state index in [1.807, 2.05) is 36.4 Å². The Kier molecular flexibility index (Phi) is 6.26. The van der Waals surface area contributed by atoms with Crippen molar-refractivity contribution in [3.05, 3.63) is 96.1 Å². The number of H-pyrrole nitrogens is 1. The molecule has 0 atom stereocenters. The predicted octanol–water partition coefficient (Wildman–Crippen LogP) is 6.13. The number of ether oxygens (including phenoxy) is 1. The molecule has 0 radical (unpaired) electrons. The van der Waals surface area contributed by atoms with E-state index in [2.05, 4.69) is 34.6 Å². The van der Waals surface area contributed by atoms with Gasteiger partial charge in [0.2, 0.25) is 5.91 Å². The lowest BCUT2D eigenvalue weighted by Gasteiger charge is -2.10. The van der Waals surface area contributed by atoms with Crippen LogP contribution < -0.4 is 5.32 Å². The Bertz CT molecular complexity index is 1540. The minimum absolute atomic E-state index is 0.147. The number of pyridine rings is 1. The number of aryl methyl sites for hydroxylation is 1. The molecule has 1 amide bonds. The minimum atomic E-state index is -0.479. The maximum Gasteiger partial charge on any atom is 0.339 e. The summed E-state index contributed by atoms with van der Waals surface area (Å²) in [7, 11) is 1.32. The number of esters is 1. The number of anilines is 1. The van der Waals surface area contributed by atoms with Crippen LogP contribution in [0.1, 0.15) is 28.8 Å². The van der Waals surface area contributed by atoms with Crippen LogP contribution in [0.3, 0.4) is 0 Å². The minimum Gasteiger partial charge on any atom is -0.465 e. The Morgan fingerprint density at radius 2 is 1.69 bits per heavy atom. The van der Waals surface area contributed by atoms with Crippen LogP contribution in [0.4, 0.5) is 5.69 Å². The average Bonchev–Trinajstić information content (AvgIpc) is 3.27. The zero-order chi connectivity index (χ0) is 24.2. The number of aromatic amines is 1. The molecule has 3 aromatic carbocycles. The summed E-state index contributed by atoms with van der Waals surface area (Å²) in [4.78, 5) is 33.1. The number of methoxy groups -OCH3 is 1. The fraction of sp³-hybridized carbons (Fsp3) is 0.138. The highest BCUT2D eigenvalue weighted by molar-refractivity contribution is 6.01. The predicted molar refractivity (Wildman–Crippen MR) is 138 cm³/mol. The van der Waals surface area contributed by atoms with Gasteiger partial charge in [-0.2, -0.15) is 0 Å². The van der Waals surface area contributed by atoms with Crippen LogP contribution in [-0.2, 0) is 16.0 Å². The molecule has 2 heterocycles. The zero-order valence-electron chi connectivity index (χ0n) is 19.4. The molecule has 5 rings (SSSR count). The molecular weight excluding hydrogens is 438 g/mol. The van der Waals surface area contributed by atoms with Gasteiger partial charge in [-0.15, -0.1) is 0 Å². The fourth-order valence-electron chi connectivity index (χ4n) is 4.40. The van der Waals surface area contributed by atoms with Gasteiger partial charge in [0, 0.05) is 22.7 Å². The summed E-state index contributed by atoms with van der Waals surface area (Å²) >= 11 is 0. The number of benzene rings is 3. The topological polar surface area (TPSA) is 84.1 Å². The van der Waals surface area contributed by atoms with E-state index in [4.69, 9.17) is 9.72 Å². The molecule has 0 aliphatic heterocycles. The smallest absolute Gasteiger partial charge is 0.339 e. The Balaban J connectivity index is 1.36. The van der Waals surface area contributed by atoms with Crippen molar-refractivity contribution in [2.45, 2.75) is 19.3 Å². The molecule has 2 aromatic heterocycles. The Hall–Kier alpha value is -4.45. The van der Waals surface area contributed by atoms with Gasteiger partial charge in [-0.25, -0.2) is 9.78 Å². The summed E-state index contributed by atoms with van der Waals surface area (Å²) in [6, 6.07) is 27.2. The maximum atomic E-state index is 12.7. The maximum absolute atomic E-state index is 12.7. The van der Waals surface area contributed by atoms with Crippen molar-refractivity contribution in [1.29, 1.82) is 0 Å². The highest BCUT2D eigenvalue weighted by Gasteiger charge is 2.16. The number of fused-ring (bicyclic) bond motifs is 2. The Labute approximate surface area is 203 Å². The van der Waals surface area contributed by atoms with Crippen molar-refractivity contribution >= 4 is 39.4 Å². The van der Waals surface area contributed by atoms with Gasteiger partial charge in [0.15, 0.2) is 0 Å². The van der Waals surface area contributed by atoms with Gasteiger partial charge in [-0.3, -0.25) is 4.79 Å². The molecule has 5 aromatic rings. The number of hydrogen-bond acceptors (Lipinski definition) is 4. The first kappa shape index (κ1) is 22.3. The molecule has 0 aliphatic carbocycles. The van der Waals surface area contributed by atoms with Gasteiger partial charge in [-0.05, 0) is 48.7 Å². The highest BCUT2D eigenvalue weighted by atomic mass is 16.5. The van der Waals surface area contributed by atoms with Crippen LogP contribution in [0.15, 0.2) is 84.9 Å². The number of nitrogens with one attached hydrogen (secondary N) is 2. The summed E-state index contributed by atoms with van der Waals surface area (Å²) in [6.07, 6.45) is 1.67. The summed E-state index contributed by atoms with van der Waals surface area (Å²) in [5.74, 6) is -0.626. The molecule has 6 heteroatoms. The van der Waals surface area contributed by atoms with Gasteiger partial charge >= 0.3 is 5.97 Å². The van der Waals surface area contributed by atoms with Gasteiger partial charge in [-0.1, -0.05) is 54.6 Å². The van der Waals surface area contributed by atoms with Crippen molar-refractivity contribution in [3.8, 4) is 11.4 Å². The molecule has 0 bridgehead atoms. The SMILES string of the molecule is COC(=O)c1ccccc1NC(=O)CCCc1c(-c2ccc3ccccc3n2)[nH]c2ccccc12. The molecule has 0 unspecified atom stereocenters. The third kappa shape index (κ3) is 4.64. The monoisotopic (exact) mass is 463 g/mol. The third-order valence-electron chi connectivity index (χ3n) is 6.11. The van der Waals surface area contributed by atoms with Crippen molar-refractivity contribution in [2.24, 2.45) is 0 Å². The number of nitrogens with zero attached hydrogens (tertiary/aromatic N) is 1. The molecule has 35 heavy (non-hydrogen) atoms. The van der Waals surface area contributed by atoms with Gasteiger partial charge in [0.05, 0.1) is 35.3 Å². The summed E-state index contributed by atoms with van der Waals surface area (Å²) < 4.78 is 4.81. The van der Waals surface area contributed by atoms with Crippen LogP contribution in [-0.4, -0.2) is 29.0 Å². The lowest BCUT2D eigenvalue weighted by atomic mass is 10.0. The van der Waals surface area contributed by atoms with E-state index in [0.717, 1.165) is 38.8 Å². The largest absolute Gasteiger partial charge is 0.465 e. The van der Waals surface area contributed by atoms with E-state index in [9.17, 15) is 9.59 Å². The van der Waals surface area contributed by atoms with Gasteiger partial charge in [0.25, 0.3) is 0 Å². The van der Waals surface area contributed by atoms with Crippen LogP contribution in [0.2, 0.25) is 0 Å². The summed E-state index contributed by atoms with van der Waals surface area (Å²) in [5.41, 5.74) is 5.79. The number of aromatic nitrogens is 2. The second-order valence-electron chi connectivity index (χ2n) is 8.35. The third-order valence-corrected chi connectivity index (χ3v) is 6.11. The molecule has 0 saturated heterocycles.